The standard InChI is InChI=1S/C18H25BFNO7/c1-5-14(22)21-13-7-10-6-11(20)8-12(15(10)28-19(13)25)16(23)26-9-27-17(24)18(2,3)4/h6,8,13,16,23,25H,5,7,9H2,1-4H3,(H,21,22)/t13-,16?/m0/s1. The highest BCUT2D eigenvalue weighted by atomic mass is 19.1. The molecule has 1 heterocycles. The van der Waals surface area contributed by atoms with Crippen LogP contribution in [0.5, 0.6) is 5.75 Å². The van der Waals surface area contributed by atoms with E-state index in [2.05, 4.69) is 5.32 Å². The Labute approximate surface area is 163 Å². The van der Waals surface area contributed by atoms with Gasteiger partial charge in [-0.2, -0.15) is 0 Å². The van der Waals surface area contributed by atoms with E-state index in [0.717, 1.165) is 6.07 Å². The number of hydrogen-bond acceptors (Lipinski definition) is 7. The summed E-state index contributed by atoms with van der Waals surface area (Å²) in [6.07, 6.45) is -1.31. The lowest BCUT2D eigenvalue weighted by Crippen LogP contribution is -2.53. The molecule has 2 rings (SSSR count). The van der Waals surface area contributed by atoms with Gasteiger partial charge in [0.1, 0.15) is 11.6 Å². The molecule has 1 unspecified atom stereocenters. The highest BCUT2D eigenvalue weighted by molar-refractivity contribution is 6.46. The van der Waals surface area contributed by atoms with E-state index in [1.54, 1.807) is 27.7 Å². The lowest BCUT2D eigenvalue weighted by Gasteiger charge is -2.30. The quantitative estimate of drug-likeness (QED) is 0.376. The summed E-state index contributed by atoms with van der Waals surface area (Å²) in [7, 11) is -1.38. The van der Waals surface area contributed by atoms with Crippen molar-refractivity contribution >= 4 is 19.0 Å². The minimum atomic E-state index is -1.65. The third-order valence-corrected chi connectivity index (χ3v) is 4.14. The van der Waals surface area contributed by atoms with E-state index in [0.29, 0.717) is 5.56 Å². The number of aliphatic hydroxyl groups is 1. The first-order chi connectivity index (χ1) is 13.0. The molecule has 28 heavy (non-hydrogen) atoms. The highest BCUT2D eigenvalue weighted by Crippen LogP contribution is 2.35. The second-order valence-corrected chi connectivity index (χ2v) is 7.54. The van der Waals surface area contributed by atoms with E-state index in [1.807, 2.05) is 0 Å². The third kappa shape index (κ3) is 5.43. The van der Waals surface area contributed by atoms with Crippen LogP contribution in [-0.2, 0) is 25.5 Å². The number of nitrogens with one attached hydrogen (secondary N) is 1. The van der Waals surface area contributed by atoms with Crippen LogP contribution in [-0.4, -0.2) is 41.9 Å². The second kappa shape index (κ2) is 8.89. The van der Waals surface area contributed by atoms with Crippen LogP contribution in [0.15, 0.2) is 12.1 Å². The fourth-order valence-electron chi connectivity index (χ4n) is 2.58. The van der Waals surface area contributed by atoms with Gasteiger partial charge in [-0.1, -0.05) is 6.92 Å². The number of rotatable bonds is 6. The third-order valence-electron chi connectivity index (χ3n) is 4.14. The monoisotopic (exact) mass is 397 g/mol. The number of carbonyl (C=O) groups excluding carboxylic acids is 2. The van der Waals surface area contributed by atoms with Gasteiger partial charge in [-0.05, 0) is 44.9 Å². The number of aliphatic hydroxyl groups excluding tert-OH is 1. The van der Waals surface area contributed by atoms with Crippen molar-refractivity contribution < 1.29 is 38.2 Å². The van der Waals surface area contributed by atoms with Crippen molar-refractivity contribution in [2.75, 3.05) is 6.79 Å². The van der Waals surface area contributed by atoms with Crippen LogP contribution in [0.25, 0.3) is 0 Å². The zero-order valence-electron chi connectivity index (χ0n) is 16.3. The minimum absolute atomic E-state index is 0.0545. The molecule has 0 aromatic heterocycles. The van der Waals surface area contributed by atoms with Crippen LogP contribution in [0, 0.1) is 11.2 Å². The van der Waals surface area contributed by atoms with Gasteiger partial charge in [0.2, 0.25) is 5.91 Å². The summed E-state index contributed by atoms with van der Waals surface area (Å²) in [4.78, 5) is 23.3. The molecule has 10 heteroatoms. The Morgan fingerprint density at radius 2 is 2.11 bits per heavy atom. The molecule has 0 saturated heterocycles. The van der Waals surface area contributed by atoms with Gasteiger partial charge >= 0.3 is 13.1 Å². The predicted octanol–water partition coefficient (Wildman–Crippen LogP) is 1.23. The molecule has 154 valence electrons. The summed E-state index contributed by atoms with van der Waals surface area (Å²) < 4.78 is 29.4. The van der Waals surface area contributed by atoms with Crippen molar-refractivity contribution in [1.29, 1.82) is 0 Å². The van der Waals surface area contributed by atoms with Gasteiger partial charge < -0.3 is 29.6 Å². The minimum Gasteiger partial charge on any atom is -0.534 e. The summed E-state index contributed by atoms with van der Waals surface area (Å²) in [6, 6.07) is 2.20. The number of benzene rings is 1. The molecule has 2 atom stereocenters. The van der Waals surface area contributed by atoms with Crippen LogP contribution in [0.4, 0.5) is 4.39 Å². The largest absolute Gasteiger partial charge is 0.547 e. The van der Waals surface area contributed by atoms with Crippen LogP contribution < -0.4 is 9.97 Å². The Morgan fingerprint density at radius 3 is 2.71 bits per heavy atom. The molecule has 0 spiro atoms. The molecule has 1 amide bonds. The molecular formula is C18H25BFNO7. The van der Waals surface area contributed by atoms with Gasteiger partial charge in [-0.3, -0.25) is 9.59 Å². The average molecular weight is 397 g/mol. The molecule has 0 fully saturated rings. The SMILES string of the molecule is CCC(=O)N[C@H]1Cc2cc(F)cc(C(O)OCOC(=O)C(C)(C)C)c2OB1O. The zero-order valence-corrected chi connectivity index (χ0v) is 16.3. The predicted molar refractivity (Wildman–Crippen MR) is 97.4 cm³/mol. The Balaban J connectivity index is 2.12. The maximum atomic E-state index is 14.0. The van der Waals surface area contributed by atoms with Crippen molar-refractivity contribution in [3.8, 4) is 5.75 Å². The Hall–Kier alpha value is -2.17. The molecule has 0 aliphatic carbocycles. The maximum absolute atomic E-state index is 14.0. The van der Waals surface area contributed by atoms with Gasteiger partial charge in [-0.15, -0.1) is 0 Å². The van der Waals surface area contributed by atoms with Crippen LogP contribution in [0.3, 0.4) is 0 Å². The summed E-state index contributed by atoms with van der Waals surface area (Å²) in [5.41, 5.74) is -0.436. The fraction of sp³-hybridized carbons (Fsp3) is 0.556. The van der Waals surface area contributed by atoms with E-state index in [-0.39, 0.29) is 30.1 Å². The number of carbonyl (C=O) groups is 2. The van der Waals surface area contributed by atoms with E-state index >= 15 is 0 Å². The number of amides is 1. The lowest BCUT2D eigenvalue weighted by molar-refractivity contribution is -0.193. The van der Waals surface area contributed by atoms with Crippen LogP contribution in [0.2, 0.25) is 0 Å². The molecule has 1 aromatic carbocycles. The zero-order chi connectivity index (χ0) is 21.1. The Kier molecular flexibility index (Phi) is 7.03. The number of ether oxygens (including phenoxy) is 2. The normalized spacial score (nSPS) is 17.4. The molecule has 8 nitrogen and oxygen atoms in total. The molecular weight excluding hydrogens is 372 g/mol. The second-order valence-electron chi connectivity index (χ2n) is 7.54. The van der Waals surface area contributed by atoms with Crippen LogP contribution >= 0.6 is 0 Å². The van der Waals surface area contributed by atoms with Gasteiger partial charge in [0.15, 0.2) is 13.1 Å². The van der Waals surface area contributed by atoms with Crippen molar-refractivity contribution in [3.63, 3.8) is 0 Å². The molecule has 3 N–H and O–H groups in total. The lowest BCUT2D eigenvalue weighted by atomic mass is 9.72. The Morgan fingerprint density at radius 1 is 1.43 bits per heavy atom. The first-order valence-corrected chi connectivity index (χ1v) is 8.96. The number of fused-ring (bicyclic) bond motifs is 1. The molecule has 0 radical (unpaired) electrons. The smallest absolute Gasteiger partial charge is 0.534 e. The average Bonchev–Trinajstić information content (AvgIpc) is 2.60. The summed E-state index contributed by atoms with van der Waals surface area (Å²) in [6.45, 7) is 6.12. The van der Waals surface area contributed by atoms with Crippen molar-refractivity contribution in [3.05, 3.63) is 29.1 Å². The van der Waals surface area contributed by atoms with Crippen molar-refractivity contribution in [2.45, 2.75) is 52.8 Å². The van der Waals surface area contributed by atoms with Gasteiger partial charge in [0.05, 0.1) is 16.9 Å². The molecule has 0 saturated carbocycles. The maximum Gasteiger partial charge on any atom is 0.547 e. The molecule has 1 aliphatic rings. The van der Waals surface area contributed by atoms with Crippen molar-refractivity contribution in [2.24, 2.45) is 5.41 Å². The van der Waals surface area contributed by atoms with E-state index in [9.17, 15) is 24.1 Å². The first-order valence-electron chi connectivity index (χ1n) is 8.96. The van der Waals surface area contributed by atoms with E-state index < -0.39 is 43.3 Å². The molecule has 1 aliphatic heterocycles. The van der Waals surface area contributed by atoms with Crippen molar-refractivity contribution in [1.82, 2.24) is 5.32 Å². The van der Waals surface area contributed by atoms with Gasteiger partial charge in [-0.25, -0.2) is 4.39 Å². The fourth-order valence-corrected chi connectivity index (χ4v) is 2.58. The van der Waals surface area contributed by atoms with Gasteiger partial charge in [0, 0.05) is 6.42 Å². The first kappa shape index (κ1) is 22.1. The number of halogens is 1. The summed E-state index contributed by atoms with van der Waals surface area (Å²) >= 11 is 0. The summed E-state index contributed by atoms with van der Waals surface area (Å²) in [5, 5.41) is 23.0. The number of hydrogen-bond donors (Lipinski definition) is 3. The summed E-state index contributed by atoms with van der Waals surface area (Å²) in [5.74, 6) is -2.14. The van der Waals surface area contributed by atoms with Crippen LogP contribution in [0.1, 0.15) is 51.5 Å². The topological polar surface area (TPSA) is 114 Å². The molecule has 1 aromatic rings. The van der Waals surface area contributed by atoms with E-state index in [4.69, 9.17) is 14.1 Å². The molecule has 0 bridgehead atoms. The van der Waals surface area contributed by atoms with Gasteiger partial charge in [0.25, 0.3) is 0 Å². The Bertz CT molecular complexity index is 737. The highest BCUT2D eigenvalue weighted by Gasteiger charge is 2.38. The van der Waals surface area contributed by atoms with E-state index in [1.165, 1.54) is 6.07 Å². The number of esters is 1.